The molecule has 0 amide bonds. The van der Waals surface area contributed by atoms with Gasteiger partial charge in [0.1, 0.15) is 11.3 Å². The number of halogens is 1. The summed E-state index contributed by atoms with van der Waals surface area (Å²) in [7, 11) is 0. The average molecular weight is 236 g/mol. The van der Waals surface area contributed by atoms with Crippen LogP contribution in [0.15, 0.2) is 18.3 Å². The molecule has 0 radical (unpaired) electrons. The Morgan fingerprint density at radius 2 is 2.31 bits per heavy atom. The second-order valence-electron chi connectivity index (χ2n) is 4.65. The fourth-order valence-electron chi connectivity index (χ4n) is 2.18. The van der Waals surface area contributed by atoms with E-state index >= 15 is 0 Å². The molecule has 2 heterocycles. The Bertz CT molecular complexity index is 528. The van der Waals surface area contributed by atoms with Crippen LogP contribution in [0, 0.1) is 0 Å². The minimum Gasteiger partial charge on any atom is -0.307 e. The van der Waals surface area contributed by atoms with E-state index in [1.165, 1.54) is 12.8 Å². The van der Waals surface area contributed by atoms with Crippen LogP contribution in [0.5, 0.6) is 0 Å². The average Bonchev–Trinajstić information content (AvgIpc) is 2.91. The quantitative estimate of drug-likeness (QED) is 0.766. The van der Waals surface area contributed by atoms with Crippen molar-refractivity contribution in [2.75, 3.05) is 5.88 Å². The summed E-state index contributed by atoms with van der Waals surface area (Å²) in [5.74, 6) is 1.68. The third-order valence-electron chi connectivity index (χ3n) is 3.32. The first-order valence-corrected chi connectivity index (χ1v) is 6.17. The maximum absolute atomic E-state index is 5.83. The number of alkyl halides is 1. The molecule has 0 aromatic carbocycles. The van der Waals surface area contributed by atoms with Crippen molar-refractivity contribution < 1.29 is 0 Å². The summed E-state index contributed by atoms with van der Waals surface area (Å²) in [4.78, 5) is 9.07. The highest BCUT2D eigenvalue weighted by atomic mass is 35.5. The van der Waals surface area contributed by atoms with Crippen molar-refractivity contribution in [2.24, 2.45) is 0 Å². The van der Waals surface area contributed by atoms with E-state index in [0.717, 1.165) is 23.4 Å². The molecule has 1 aliphatic carbocycles. The van der Waals surface area contributed by atoms with Crippen LogP contribution in [0.25, 0.3) is 11.2 Å². The van der Waals surface area contributed by atoms with Gasteiger partial charge in [-0.3, -0.25) is 0 Å². The lowest BCUT2D eigenvalue weighted by molar-refractivity contribution is 0.522. The highest BCUT2D eigenvalue weighted by Gasteiger charge is 2.42. The lowest BCUT2D eigenvalue weighted by Gasteiger charge is -2.14. The van der Waals surface area contributed by atoms with Crippen molar-refractivity contribution in [3.8, 4) is 0 Å². The van der Waals surface area contributed by atoms with E-state index in [-0.39, 0.29) is 5.54 Å². The van der Waals surface area contributed by atoms with Gasteiger partial charge in [-0.15, -0.1) is 11.6 Å². The Hall–Kier alpha value is -1.09. The number of fused-ring (bicyclic) bond motifs is 1. The molecule has 1 aliphatic rings. The maximum Gasteiger partial charge on any atom is 0.160 e. The molecular formula is C12H14ClN3. The molecule has 0 N–H and O–H groups in total. The van der Waals surface area contributed by atoms with Gasteiger partial charge in [0, 0.05) is 24.0 Å². The molecule has 0 atom stereocenters. The zero-order valence-electron chi connectivity index (χ0n) is 9.28. The number of pyridine rings is 1. The van der Waals surface area contributed by atoms with Gasteiger partial charge in [-0.1, -0.05) is 0 Å². The Morgan fingerprint density at radius 3 is 3.00 bits per heavy atom. The van der Waals surface area contributed by atoms with Gasteiger partial charge < -0.3 is 4.57 Å². The zero-order chi connectivity index (χ0) is 11.2. The Morgan fingerprint density at radius 1 is 1.50 bits per heavy atom. The lowest BCUT2D eigenvalue weighted by Crippen LogP contribution is -2.16. The van der Waals surface area contributed by atoms with Crippen LogP contribution in [-0.4, -0.2) is 20.4 Å². The van der Waals surface area contributed by atoms with E-state index in [2.05, 4.69) is 21.5 Å². The molecule has 0 aliphatic heterocycles. The number of imidazole rings is 1. The number of aromatic nitrogens is 3. The molecule has 4 heteroatoms. The number of rotatable bonds is 3. The third kappa shape index (κ3) is 1.42. The number of nitrogens with zero attached hydrogens (tertiary/aromatic N) is 3. The molecule has 1 saturated carbocycles. The molecule has 3 rings (SSSR count). The number of hydrogen-bond acceptors (Lipinski definition) is 2. The van der Waals surface area contributed by atoms with E-state index in [9.17, 15) is 0 Å². The van der Waals surface area contributed by atoms with Crippen LogP contribution < -0.4 is 0 Å². The topological polar surface area (TPSA) is 30.7 Å². The molecule has 0 spiro atoms. The summed E-state index contributed by atoms with van der Waals surface area (Å²) in [6, 6.07) is 3.95. The molecule has 16 heavy (non-hydrogen) atoms. The van der Waals surface area contributed by atoms with E-state index in [1.54, 1.807) is 0 Å². The molecule has 0 unspecified atom stereocenters. The first-order chi connectivity index (χ1) is 7.74. The Labute approximate surface area is 99.5 Å². The predicted octanol–water partition coefficient (Wildman–Crippen LogP) is 2.72. The molecule has 2 aromatic rings. The Balaban J connectivity index is 2.24. The van der Waals surface area contributed by atoms with Crippen molar-refractivity contribution in [2.45, 2.75) is 31.7 Å². The lowest BCUT2D eigenvalue weighted by atomic mass is 10.3. The molecule has 0 saturated heterocycles. The zero-order valence-corrected chi connectivity index (χ0v) is 10.0. The summed E-state index contributed by atoms with van der Waals surface area (Å²) in [5.41, 5.74) is 2.21. The largest absolute Gasteiger partial charge is 0.307 e. The van der Waals surface area contributed by atoms with Gasteiger partial charge >= 0.3 is 0 Å². The molecule has 2 aromatic heterocycles. The normalized spacial score (nSPS) is 17.9. The molecule has 3 nitrogen and oxygen atoms in total. The minimum absolute atomic E-state index is 0.227. The summed E-state index contributed by atoms with van der Waals surface area (Å²) in [6.45, 7) is 2.26. The van der Waals surface area contributed by atoms with Gasteiger partial charge in [0.25, 0.3) is 0 Å². The van der Waals surface area contributed by atoms with Gasteiger partial charge in [-0.2, -0.15) is 0 Å². The highest BCUT2D eigenvalue weighted by Crippen LogP contribution is 2.45. The van der Waals surface area contributed by atoms with E-state index in [4.69, 9.17) is 11.6 Å². The van der Waals surface area contributed by atoms with Crippen LogP contribution in [0.3, 0.4) is 0 Å². The van der Waals surface area contributed by atoms with Gasteiger partial charge in [0.05, 0.1) is 0 Å². The summed E-state index contributed by atoms with van der Waals surface area (Å²) in [5, 5.41) is 0. The number of aryl methyl sites for hydroxylation is 1. The van der Waals surface area contributed by atoms with Gasteiger partial charge in [0.2, 0.25) is 0 Å². The summed E-state index contributed by atoms with van der Waals surface area (Å²) >= 11 is 5.83. The first kappa shape index (κ1) is 10.1. The first-order valence-electron chi connectivity index (χ1n) is 5.63. The molecular weight excluding hydrogens is 222 g/mol. The standard InChI is InChI=1S/C12H14ClN3/c1-12(5-6-12)16-10(4-7-13)15-9-3-2-8-14-11(9)16/h2-3,8H,4-7H2,1H3. The van der Waals surface area contributed by atoms with E-state index in [1.807, 2.05) is 18.3 Å². The molecule has 0 bridgehead atoms. The molecule has 1 fully saturated rings. The summed E-state index contributed by atoms with van der Waals surface area (Å²) in [6.07, 6.45) is 5.07. The highest BCUT2D eigenvalue weighted by molar-refractivity contribution is 6.17. The minimum atomic E-state index is 0.227. The fourth-order valence-corrected chi connectivity index (χ4v) is 2.35. The van der Waals surface area contributed by atoms with Crippen LogP contribution in [0.1, 0.15) is 25.6 Å². The van der Waals surface area contributed by atoms with E-state index < -0.39 is 0 Å². The summed E-state index contributed by atoms with van der Waals surface area (Å²) < 4.78 is 2.28. The van der Waals surface area contributed by atoms with Crippen molar-refractivity contribution >= 4 is 22.8 Å². The SMILES string of the molecule is CC1(n2c(CCCl)nc3cccnc32)CC1. The Kier molecular flexibility index (Phi) is 2.18. The van der Waals surface area contributed by atoms with Crippen LogP contribution in [-0.2, 0) is 12.0 Å². The van der Waals surface area contributed by atoms with Crippen LogP contribution >= 0.6 is 11.6 Å². The van der Waals surface area contributed by atoms with Gasteiger partial charge in [-0.05, 0) is 31.9 Å². The maximum atomic E-state index is 5.83. The van der Waals surface area contributed by atoms with Crippen molar-refractivity contribution in [3.63, 3.8) is 0 Å². The smallest absolute Gasteiger partial charge is 0.160 e. The van der Waals surface area contributed by atoms with Crippen molar-refractivity contribution in [3.05, 3.63) is 24.2 Å². The second kappa shape index (κ2) is 3.45. The monoisotopic (exact) mass is 235 g/mol. The predicted molar refractivity (Wildman–Crippen MR) is 64.8 cm³/mol. The third-order valence-corrected chi connectivity index (χ3v) is 3.51. The molecule has 84 valence electrons. The number of hydrogen-bond donors (Lipinski definition) is 0. The fraction of sp³-hybridized carbons (Fsp3) is 0.500. The van der Waals surface area contributed by atoms with Crippen molar-refractivity contribution in [1.29, 1.82) is 0 Å². The van der Waals surface area contributed by atoms with Crippen LogP contribution in [0.2, 0.25) is 0 Å². The van der Waals surface area contributed by atoms with Gasteiger partial charge in [-0.25, -0.2) is 9.97 Å². The second-order valence-corrected chi connectivity index (χ2v) is 5.02. The van der Waals surface area contributed by atoms with Gasteiger partial charge in [0.15, 0.2) is 5.65 Å². The van der Waals surface area contributed by atoms with E-state index in [0.29, 0.717) is 5.88 Å². The van der Waals surface area contributed by atoms with Crippen molar-refractivity contribution in [1.82, 2.24) is 14.5 Å². The van der Waals surface area contributed by atoms with Crippen LogP contribution in [0.4, 0.5) is 0 Å².